The minimum Gasteiger partial charge on any atom is -0.368 e. The van der Waals surface area contributed by atoms with E-state index < -0.39 is 0 Å². The van der Waals surface area contributed by atoms with Gasteiger partial charge in [-0.3, -0.25) is 5.43 Å². The van der Waals surface area contributed by atoms with E-state index >= 15 is 0 Å². The van der Waals surface area contributed by atoms with E-state index in [-0.39, 0.29) is 0 Å². The summed E-state index contributed by atoms with van der Waals surface area (Å²) < 4.78 is 0.847. The number of hydrogen-bond acceptors (Lipinski definition) is 6. The fraction of sp³-hybridized carbons (Fsp3) is 0.636. The number of aromatic nitrogens is 2. The first-order chi connectivity index (χ1) is 8.79. The average Bonchev–Trinajstić information content (AvgIpc) is 2.42. The van der Waals surface area contributed by atoms with Crippen LogP contribution in [0.25, 0.3) is 0 Å². The van der Waals surface area contributed by atoms with Gasteiger partial charge in [-0.1, -0.05) is 6.42 Å². The Bertz CT molecular complexity index is 380. The van der Waals surface area contributed by atoms with E-state index in [2.05, 4.69) is 41.5 Å². The molecule has 100 valence electrons. The summed E-state index contributed by atoms with van der Waals surface area (Å²) in [6, 6.07) is 0. The number of piperidine rings is 1. The molecule has 0 aromatic carbocycles. The van der Waals surface area contributed by atoms with Crippen LogP contribution in [-0.4, -0.2) is 41.0 Å². The molecule has 0 unspecified atom stereocenters. The molecule has 1 aromatic rings. The second-order valence-electron chi connectivity index (χ2n) is 4.36. The summed E-state index contributed by atoms with van der Waals surface area (Å²) in [5, 5.41) is 3.30. The Morgan fingerprint density at radius 1 is 1.33 bits per heavy atom. The van der Waals surface area contributed by atoms with Crippen LogP contribution < -0.4 is 16.6 Å². The molecule has 1 saturated heterocycles. The lowest BCUT2D eigenvalue weighted by molar-refractivity contribution is 0.237. The normalized spacial score (nSPS) is 16.6. The van der Waals surface area contributed by atoms with E-state index in [0.29, 0.717) is 5.95 Å². The van der Waals surface area contributed by atoms with Gasteiger partial charge in [-0.25, -0.2) is 10.8 Å². The van der Waals surface area contributed by atoms with Gasteiger partial charge in [0.1, 0.15) is 5.82 Å². The van der Waals surface area contributed by atoms with E-state index in [1.54, 1.807) is 6.20 Å². The number of hydrogen-bond donors (Lipinski definition) is 3. The molecule has 1 aliphatic rings. The zero-order chi connectivity index (χ0) is 12.8. The Balaban J connectivity index is 1.81. The third-order valence-corrected chi connectivity index (χ3v) is 3.62. The molecule has 0 aliphatic carbocycles. The number of nitrogens with zero attached hydrogens (tertiary/aromatic N) is 3. The molecule has 0 bridgehead atoms. The highest BCUT2D eigenvalue weighted by Gasteiger charge is 2.10. The van der Waals surface area contributed by atoms with Gasteiger partial charge in [0.15, 0.2) is 0 Å². The van der Waals surface area contributed by atoms with E-state index in [1.807, 2.05) is 0 Å². The van der Waals surface area contributed by atoms with Crippen molar-refractivity contribution >= 4 is 27.7 Å². The number of halogens is 1. The summed E-state index contributed by atoms with van der Waals surface area (Å²) in [5.74, 6) is 6.48. The van der Waals surface area contributed by atoms with Gasteiger partial charge < -0.3 is 10.2 Å². The molecule has 7 heteroatoms. The monoisotopic (exact) mass is 314 g/mol. The number of likely N-dealkylation sites (tertiary alicyclic amines) is 1. The summed E-state index contributed by atoms with van der Waals surface area (Å²) in [4.78, 5) is 10.7. The van der Waals surface area contributed by atoms with E-state index in [1.165, 1.54) is 32.4 Å². The summed E-state index contributed by atoms with van der Waals surface area (Å²) >= 11 is 3.42. The third kappa shape index (κ3) is 3.79. The fourth-order valence-corrected chi connectivity index (χ4v) is 2.41. The average molecular weight is 315 g/mol. The summed E-state index contributed by atoms with van der Waals surface area (Å²) in [6.07, 6.45) is 5.69. The van der Waals surface area contributed by atoms with E-state index in [9.17, 15) is 0 Å². The van der Waals surface area contributed by atoms with Gasteiger partial charge in [-0.2, -0.15) is 4.98 Å². The molecular formula is C11H19BrN6. The molecule has 6 nitrogen and oxygen atoms in total. The molecule has 1 fully saturated rings. The minimum atomic E-state index is 0.415. The maximum absolute atomic E-state index is 5.29. The summed E-state index contributed by atoms with van der Waals surface area (Å²) in [6.45, 7) is 4.34. The fourth-order valence-electron chi connectivity index (χ4n) is 2.08. The number of nitrogens with two attached hydrogens (primary N) is 1. The molecule has 0 saturated carbocycles. The molecule has 0 atom stereocenters. The Labute approximate surface area is 115 Å². The van der Waals surface area contributed by atoms with Crippen LogP contribution in [-0.2, 0) is 0 Å². The van der Waals surface area contributed by atoms with Gasteiger partial charge >= 0.3 is 0 Å². The zero-order valence-corrected chi connectivity index (χ0v) is 11.9. The minimum absolute atomic E-state index is 0.415. The molecule has 0 spiro atoms. The first-order valence-corrected chi connectivity index (χ1v) is 7.04. The molecule has 18 heavy (non-hydrogen) atoms. The van der Waals surface area contributed by atoms with Crippen molar-refractivity contribution in [1.82, 2.24) is 14.9 Å². The molecule has 0 amide bonds. The number of anilines is 2. The molecule has 1 aliphatic heterocycles. The van der Waals surface area contributed by atoms with Crippen molar-refractivity contribution in [1.29, 1.82) is 0 Å². The molecular weight excluding hydrogens is 296 g/mol. The number of hydrazine groups is 1. The maximum Gasteiger partial charge on any atom is 0.239 e. The van der Waals surface area contributed by atoms with Crippen LogP contribution in [0.5, 0.6) is 0 Å². The Hall–Kier alpha value is -0.920. The van der Waals surface area contributed by atoms with Crippen LogP contribution in [0, 0.1) is 0 Å². The van der Waals surface area contributed by atoms with Crippen molar-refractivity contribution in [3.63, 3.8) is 0 Å². The van der Waals surface area contributed by atoms with E-state index in [0.717, 1.165) is 23.4 Å². The van der Waals surface area contributed by atoms with Crippen LogP contribution in [0.3, 0.4) is 0 Å². The quantitative estimate of drug-likeness (QED) is 0.563. The predicted octanol–water partition coefficient (Wildman–Crippen LogP) is 1.42. The Morgan fingerprint density at radius 3 is 2.83 bits per heavy atom. The number of rotatable bonds is 5. The molecule has 0 radical (unpaired) electrons. The summed E-state index contributed by atoms with van der Waals surface area (Å²) in [7, 11) is 0. The van der Waals surface area contributed by atoms with Gasteiger partial charge in [-0.15, -0.1) is 0 Å². The van der Waals surface area contributed by atoms with Crippen LogP contribution in [0.1, 0.15) is 19.3 Å². The SMILES string of the molecule is NNc1ncc(Br)c(NCCN2CCCCC2)n1. The van der Waals surface area contributed by atoms with Gasteiger partial charge in [-0.05, 0) is 41.9 Å². The first-order valence-electron chi connectivity index (χ1n) is 6.25. The molecule has 4 N–H and O–H groups in total. The topological polar surface area (TPSA) is 79.1 Å². The van der Waals surface area contributed by atoms with Crippen molar-refractivity contribution in [3.05, 3.63) is 10.7 Å². The smallest absolute Gasteiger partial charge is 0.239 e. The Morgan fingerprint density at radius 2 is 2.11 bits per heavy atom. The number of nitrogen functional groups attached to an aromatic ring is 1. The van der Waals surface area contributed by atoms with Crippen LogP contribution in [0.15, 0.2) is 10.7 Å². The maximum atomic E-state index is 5.29. The highest BCUT2D eigenvalue weighted by molar-refractivity contribution is 9.10. The highest BCUT2D eigenvalue weighted by atomic mass is 79.9. The lowest BCUT2D eigenvalue weighted by atomic mass is 10.1. The lowest BCUT2D eigenvalue weighted by Crippen LogP contribution is -2.33. The molecule has 1 aromatic heterocycles. The third-order valence-electron chi connectivity index (χ3n) is 3.04. The van der Waals surface area contributed by atoms with Crippen molar-refractivity contribution in [2.75, 3.05) is 36.9 Å². The standard InChI is InChI=1S/C11H19BrN6/c12-9-8-15-11(17-13)16-10(9)14-4-7-18-5-2-1-3-6-18/h8H,1-7,13H2,(H2,14,15,16,17). The Kier molecular flexibility index (Phi) is 5.15. The second kappa shape index (κ2) is 6.86. The lowest BCUT2D eigenvalue weighted by Gasteiger charge is -2.26. The van der Waals surface area contributed by atoms with Gasteiger partial charge in [0.25, 0.3) is 0 Å². The molecule has 2 rings (SSSR count). The van der Waals surface area contributed by atoms with Crippen LogP contribution in [0.4, 0.5) is 11.8 Å². The first kappa shape index (κ1) is 13.5. The van der Waals surface area contributed by atoms with Crippen molar-refractivity contribution in [2.24, 2.45) is 5.84 Å². The van der Waals surface area contributed by atoms with Crippen molar-refractivity contribution in [2.45, 2.75) is 19.3 Å². The largest absolute Gasteiger partial charge is 0.368 e. The zero-order valence-electron chi connectivity index (χ0n) is 10.3. The van der Waals surface area contributed by atoms with Crippen LogP contribution in [0.2, 0.25) is 0 Å². The van der Waals surface area contributed by atoms with Crippen molar-refractivity contribution < 1.29 is 0 Å². The van der Waals surface area contributed by atoms with Crippen LogP contribution >= 0.6 is 15.9 Å². The van der Waals surface area contributed by atoms with Gasteiger partial charge in [0.2, 0.25) is 5.95 Å². The summed E-state index contributed by atoms with van der Waals surface area (Å²) in [5.41, 5.74) is 2.44. The predicted molar refractivity (Wildman–Crippen MR) is 76.3 cm³/mol. The van der Waals surface area contributed by atoms with Gasteiger partial charge in [0.05, 0.1) is 4.47 Å². The van der Waals surface area contributed by atoms with Gasteiger partial charge in [0, 0.05) is 19.3 Å². The highest BCUT2D eigenvalue weighted by Crippen LogP contribution is 2.19. The molecule has 2 heterocycles. The van der Waals surface area contributed by atoms with Crippen molar-refractivity contribution in [3.8, 4) is 0 Å². The van der Waals surface area contributed by atoms with E-state index in [4.69, 9.17) is 5.84 Å². The number of nitrogens with one attached hydrogen (secondary N) is 2. The second-order valence-corrected chi connectivity index (χ2v) is 5.22.